The first-order valence-corrected chi connectivity index (χ1v) is 14.7. The Balaban J connectivity index is 1.58. The van der Waals surface area contributed by atoms with Crippen LogP contribution < -0.4 is 9.64 Å². The third-order valence-electron chi connectivity index (χ3n) is 7.01. The maximum atomic E-state index is 11.1. The minimum Gasteiger partial charge on any atom is -0.507 e. The number of thioether (sulfide) groups is 1. The molecule has 4 heteroatoms. The fourth-order valence-corrected chi connectivity index (χ4v) is 6.11. The number of aryl methyl sites for hydroxylation is 4. The van der Waals surface area contributed by atoms with E-state index in [1.807, 2.05) is 12.1 Å². The number of phenols is 1. The zero-order valence-electron chi connectivity index (χ0n) is 23.5. The highest BCUT2D eigenvalue weighted by Crippen LogP contribution is 2.47. The van der Waals surface area contributed by atoms with Gasteiger partial charge in [0.25, 0.3) is 0 Å². The van der Waals surface area contributed by atoms with Crippen LogP contribution in [0.5, 0.6) is 11.5 Å². The molecule has 3 nitrogen and oxygen atoms in total. The van der Waals surface area contributed by atoms with Crippen molar-refractivity contribution in [2.45, 2.75) is 73.1 Å². The van der Waals surface area contributed by atoms with Gasteiger partial charge in [-0.05, 0) is 69.0 Å². The van der Waals surface area contributed by atoms with Gasteiger partial charge in [-0.25, -0.2) is 0 Å². The Kier molecular flexibility index (Phi) is 9.63. The number of nitrogens with zero attached hydrogens (tertiary/aromatic N) is 1. The van der Waals surface area contributed by atoms with Crippen LogP contribution >= 0.6 is 11.8 Å². The average molecular weight is 528 g/mol. The van der Waals surface area contributed by atoms with Crippen LogP contribution in [-0.2, 0) is 0 Å². The second kappa shape index (κ2) is 13.1. The molecule has 4 rings (SSSR count). The monoisotopic (exact) mass is 527 g/mol. The molecule has 0 saturated carbocycles. The Morgan fingerprint density at radius 1 is 0.711 bits per heavy atom. The zero-order chi connectivity index (χ0) is 27.1. The Bertz CT molecular complexity index is 1320. The van der Waals surface area contributed by atoms with Crippen LogP contribution in [0.25, 0.3) is 9.81 Å². The van der Waals surface area contributed by atoms with Crippen LogP contribution in [0.3, 0.4) is 0 Å². The molecule has 0 unspecified atom stereocenters. The van der Waals surface area contributed by atoms with Gasteiger partial charge in [0.2, 0.25) is 0 Å². The molecular formula is C34H41NO2S. The lowest BCUT2D eigenvalue weighted by Gasteiger charge is -2.27. The standard InChI is InChI=1S/C34H41NO2S/c1-6-7-8-9-10-11-18-37-28-14-16-30(32(36)21-28)34-23-35(31-17-13-25(3)20-27(31)5)22-33(38-34)29-15-12-24(2)19-26(29)4/h12-17,19-23,36H,6-11,18H2,1-5H3. The maximum absolute atomic E-state index is 11.1. The molecular weight excluding hydrogens is 486 g/mol. The van der Waals surface area contributed by atoms with Gasteiger partial charge in [-0.1, -0.05) is 92.2 Å². The smallest absolute Gasteiger partial charge is 0.127 e. The number of hydrogen-bond acceptors (Lipinski definition) is 4. The van der Waals surface area contributed by atoms with Crippen molar-refractivity contribution < 1.29 is 9.84 Å². The van der Waals surface area contributed by atoms with Gasteiger partial charge in [-0.2, -0.15) is 0 Å². The minimum atomic E-state index is 0.242. The molecule has 1 heterocycles. The molecule has 0 spiro atoms. The Morgan fingerprint density at radius 2 is 1.34 bits per heavy atom. The third-order valence-corrected chi connectivity index (χ3v) is 8.10. The lowest BCUT2D eigenvalue weighted by molar-refractivity contribution is 0.302. The van der Waals surface area contributed by atoms with Gasteiger partial charge >= 0.3 is 0 Å². The lowest BCUT2D eigenvalue weighted by atomic mass is 10.1. The highest BCUT2D eigenvalue weighted by atomic mass is 32.2. The summed E-state index contributed by atoms with van der Waals surface area (Å²) in [6.07, 6.45) is 11.7. The molecule has 3 aromatic carbocycles. The van der Waals surface area contributed by atoms with Gasteiger partial charge in [-0.15, -0.1) is 0 Å². The van der Waals surface area contributed by atoms with Gasteiger partial charge in [0.1, 0.15) is 11.5 Å². The van der Waals surface area contributed by atoms with Crippen molar-refractivity contribution in [3.63, 3.8) is 0 Å². The topological polar surface area (TPSA) is 32.7 Å². The quantitative estimate of drug-likeness (QED) is 0.252. The summed E-state index contributed by atoms with van der Waals surface area (Å²) >= 11 is 1.70. The summed E-state index contributed by atoms with van der Waals surface area (Å²) in [5.74, 6) is 0.962. The van der Waals surface area contributed by atoms with Crippen molar-refractivity contribution in [2.24, 2.45) is 0 Å². The molecule has 0 amide bonds. The van der Waals surface area contributed by atoms with Crippen molar-refractivity contribution in [3.05, 3.63) is 100 Å². The van der Waals surface area contributed by atoms with E-state index in [0.29, 0.717) is 6.61 Å². The summed E-state index contributed by atoms with van der Waals surface area (Å²) in [5, 5.41) is 11.1. The van der Waals surface area contributed by atoms with E-state index < -0.39 is 0 Å². The molecule has 200 valence electrons. The number of aromatic hydroxyl groups is 1. The molecule has 0 aliphatic carbocycles. The molecule has 1 aliphatic heterocycles. The molecule has 38 heavy (non-hydrogen) atoms. The summed E-state index contributed by atoms with van der Waals surface area (Å²) in [7, 11) is 0. The SMILES string of the molecule is CCCCCCCCOc1ccc(C2=CN(c3ccc(C)cc3C)C=C(c3ccc(C)cc3C)S2)c(O)c1. The van der Waals surface area contributed by atoms with Crippen molar-refractivity contribution in [1.82, 2.24) is 0 Å². The molecule has 0 atom stereocenters. The summed E-state index contributed by atoms with van der Waals surface area (Å²) in [5.41, 5.74) is 8.11. The van der Waals surface area contributed by atoms with E-state index in [1.54, 1.807) is 17.8 Å². The van der Waals surface area contributed by atoms with Crippen molar-refractivity contribution in [3.8, 4) is 11.5 Å². The Labute approximate surface area is 233 Å². The minimum absolute atomic E-state index is 0.242. The van der Waals surface area contributed by atoms with Crippen molar-refractivity contribution in [1.29, 1.82) is 0 Å². The van der Waals surface area contributed by atoms with E-state index in [4.69, 9.17) is 4.74 Å². The summed E-state index contributed by atoms with van der Waals surface area (Å²) in [6.45, 7) is 11.5. The number of unbranched alkanes of at least 4 members (excludes halogenated alkanes) is 5. The Morgan fingerprint density at radius 3 is 2.03 bits per heavy atom. The predicted molar refractivity (Wildman–Crippen MR) is 165 cm³/mol. The van der Waals surface area contributed by atoms with Gasteiger partial charge < -0.3 is 14.7 Å². The number of ether oxygens (including phenoxy) is 1. The number of benzene rings is 3. The lowest BCUT2D eigenvalue weighted by Crippen LogP contribution is -2.13. The van der Waals surface area contributed by atoms with E-state index in [-0.39, 0.29) is 5.75 Å². The number of anilines is 1. The zero-order valence-corrected chi connectivity index (χ0v) is 24.3. The Hall–Kier alpha value is -3.11. The van der Waals surface area contributed by atoms with Gasteiger partial charge in [0.15, 0.2) is 0 Å². The highest BCUT2D eigenvalue weighted by molar-refractivity contribution is 8.16. The van der Waals surface area contributed by atoms with E-state index in [0.717, 1.165) is 33.2 Å². The number of phenolic OH excluding ortho intramolecular Hbond substituents is 1. The summed E-state index contributed by atoms with van der Waals surface area (Å²) < 4.78 is 5.96. The molecule has 0 radical (unpaired) electrons. The van der Waals surface area contributed by atoms with Crippen LogP contribution in [-0.4, -0.2) is 11.7 Å². The molecule has 0 saturated heterocycles. The highest BCUT2D eigenvalue weighted by Gasteiger charge is 2.21. The van der Waals surface area contributed by atoms with Crippen LogP contribution in [0.1, 0.15) is 78.8 Å². The normalized spacial score (nSPS) is 13.3. The predicted octanol–water partition coefficient (Wildman–Crippen LogP) is 9.92. The second-order valence-electron chi connectivity index (χ2n) is 10.4. The maximum Gasteiger partial charge on any atom is 0.127 e. The van der Waals surface area contributed by atoms with E-state index in [2.05, 4.69) is 88.3 Å². The second-order valence-corrected chi connectivity index (χ2v) is 11.5. The van der Waals surface area contributed by atoms with Crippen LogP contribution in [0, 0.1) is 27.7 Å². The molecule has 1 aliphatic rings. The summed E-state index contributed by atoms with van der Waals surface area (Å²) in [4.78, 5) is 4.35. The van der Waals surface area contributed by atoms with Crippen LogP contribution in [0.15, 0.2) is 67.0 Å². The molecule has 0 bridgehead atoms. The third kappa shape index (κ3) is 7.05. The molecule has 0 aromatic heterocycles. The molecule has 0 fully saturated rings. The number of hydrogen-bond donors (Lipinski definition) is 1. The molecule has 3 aromatic rings. The molecule has 1 N–H and O–H groups in total. The van der Waals surface area contributed by atoms with Crippen LogP contribution in [0.2, 0.25) is 0 Å². The first-order chi connectivity index (χ1) is 18.4. The van der Waals surface area contributed by atoms with Gasteiger partial charge in [0, 0.05) is 39.5 Å². The largest absolute Gasteiger partial charge is 0.507 e. The first-order valence-electron chi connectivity index (χ1n) is 13.9. The average Bonchev–Trinajstić information content (AvgIpc) is 2.88. The van der Waals surface area contributed by atoms with Crippen molar-refractivity contribution >= 4 is 27.3 Å². The van der Waals surface area contributed by atoms with E-state index in [9.17, 15) is 5.11 Å². The first kappa shape index (κ1) is 27.9. The van der Waals surface area contributed by atoms with E-state index >= 15 is 0 Å². The van der Waals surface area contributed by atoms with Gasteiger partial charge in [-0.3, -0.25) is 0 Å². The fraction of sp³-hybridized carbons (Fsp3) is 0.353. The number of rotatable bonds is 11. The van der Waals surface area contributed by atoms with E-state index in [1.165, 1.54) is 59.9 Å². The fourth-order valence-electron chi connectivity index (χ4n) is 4.92. The van der Waals surface area contributed by atoms with Crippen molar-refractivity contribution in [2.75, 3.05) is 11.5 Å². The van der Waals surface area contributed by atoms with Gasteiger partial charge in [0.05, 0.1) is 6.61 Å². The summed E-state index contributed by atoms with van der Waals surface area (Å²) in [6, 6.07) is 18.8. The van der Waals surface area contributed by atoms with Crippen LogP contribution in [0.4, 0.5) is 5.69 Å².